The largest absolute Gasteiger partial charge is 0.497 e. The van der Waals surface area contributed by atoms with E-state index in [1.54, 1.807) is 12.0 Å². The number of ether oxygens (including phenoxy) is 4. The third-order valence-electron chi connectivity index (χ3n) is 4.88. The summed E-state index contributed by atoms with van der Waals surface area (Å²) in [5.41, 5.74) is 0.839. The molecule has 1 aromatic heterocycles. The number of thiazole rings is 1. The maximum Gasteiger partial charge on any atom is 0.298 e. The number of nitrogens with zero attached hydrogens (tertiary/aromatic N) is 3. The van der Waals surface area contributed by atoms with Gasteiger partial charge in [0.25, 0.3) is 5.91 Å². The minimum Gasteiger partial charge on any atom is -0.497 e. The smallest absolute Gasteiger partial charge is 0.298 e. The molecule has 1 amide bonds. The van der Waals surface area contributed by atoms with Crippen LogP contribution in [0.25, 0.3) is 10.2 Å². The molecule has 9 heteroatoms. The Balaban J connectivity index is 1.53. The fourth-order valence-corrected chi connectivity index (χ4v) is 4.33. The Hall–Kier alpha value is -2.36. The molecule has 2 aliphatic heterocycles. The van der Waals surface area contributed by atoms with Crippen molar-refractivity contribution < 1.29 is 23.7 Å². The normalized spacial score (nSPS) is 17.3. The van der Waals surface area contributed by atoms with Gasteiger partial charge in [-0.3, -0.25) is 14.6 Å². The second-order valence-electron chi connectivity index (χ2n) is 6.80. The van der Waals surface area contributed by atoms with E-state index in [0.717, 1.165) is 55.2 Å². The summed E-state index contributed by atoms with van der Waals surface area (Å²) in [6, 6.07) is 5.72. The van der Waals surface area contributed by atoms with Crippen LogP contribution >= 0.6 is 11.3 Å². The number of rotatable bonds is 7. The van der Waals surface area contributed by atoms with E-state index in [1.807, 2.05) is 18.2 Å². The van der Waals surface area contributed by atoms with E-state index in [0.29, 0.717) is 24.9 Å². The number of hydrogen-bond donors (Lipinski definition) is 0. The summed E-state index contributed by atoms with van der Waals surface area (Å²) in [6.07, 6.45) is 2.23. The first-order valence-corrected chi connectivity index (χ1v) is 10.6. The molecule has 0 saturated carbocycles. The van der Waals surface area contributed by atoms with E-state index >= 15 is 0 Å². The number of hydrogen-bond acceptors (Lipinski definition) is 8. The zero-order valence-electron chi connectivity index (χ0n) is 16.5. The van der Waals surface area contributed by atoms with E-state index in [1.165, 1.54) is 17.6 Å². The summed E-state index contributed by atoms with van der Waals surface area (Å²) in [4.78, 5) is 21.9. The van der Waals surface area contributed by atoms with E-state index < -0.39 is 0 Å². The van der Waals surface area contributed by atoms with Gasteiger partial charge in [-0.05, 0) is 24.6 Å². The van der Waals surface area contributed by atoms with E-state index in [2.05, 4.69) is 9.88 Å². The summed E-state index contributed by atoms with van der Waals surface area (Å²) < 4.78 is 22.5. The number of carbonyl (C=O) groups is 1. The Morgan fingerprint density at radius 1 is 1.28 bits per heavy atom. The first-order valence-electron chi connectivity index (χ1n) is 9.76. The second-order valence-corrected chi connectivity index (χ2v) is 7.80. The third kappa shape index (κ3) is 4.80. The van der Waals surface area contributed by atoms with Gasteiger partial charge in [0, 0.05) is 26.2 Å². The summed E-state index contributed by atoms with van der Waals surface area (Å²) in [5, 5.41) is 0.648. The predicted octanol–water partition coefficient (Wildman–Crippen LogP) is 2.25. The van der Waals surface area contributed by atoms with Crippen molar-refractivity contribution in [3.8, 4) is 5.75 Å². The van der Waals surface area contributed by atoms with Gasteiger partial charge in [0.1, 0.15) is 25.2 Å². The highest BCUT2D eigenvalue weighted by Gasteiger charge is 2.26. The van der Waals surface area contributed by atoms with E-state index in [9.17, 15) is 4.79 Å². The highest BCUT2D eigenvalue weighted by molar-refractivity contribution is 7.22. The summed E-state index contributed by atoms with van der Waals surface area (Å²) in [7, 11) is 1.64. The van der Waals surface area contributed by atoms with Crippen LogP contribution in [-0.2, 0) is 19.0 Å². The number of morpholine rings is 1. The minimum absolute atomic E-state index is 0.222. The molecule has 2 aromatic rings. The molecule has 4 rings (SSSR count). The summed E-state index contributed by atoms with van der Waals surface area (Å²) in [5.74, 6) is 0.766. The molecule has 0 aliphatic carbocycles. The Labute approximate surface area is 173 Å². The van der Waals surface area contributed by atoms with Crippen molar-refractivity contribution in [2.45, 2.75) is 6.42 Å². The maximum atomic E-state index is 13.1. The Morgan fingerprint density at radius 3 is 2.90 bits per heavy atom. The Morgan fingerprint density at radius 2 is 2.14 bits per heavy atom. The maximum absolute atomic E-state index is 13.1. The molecule has 8 nitrogen and oxygen atoms in total. The van der Waals surface area contributed by atoms with E-state index in [-0.39, 0.29) is 11.7 Å². The molecule has 29 heavy (non-hydrogen) atoms. The second kappa shape index (κ2) is 9.43. The molecule has 1 aromatic carbocycles. The number of fused-ring (bicyclic) bond motifs is 1. The van der Waals surface area contributed by atoms with Crippen LogP contribution < -0.4 is 9.64 Å². The molecule has 0 bridgehead atoms. The van der Waals surface area contributed by atoms with Crippen LogP contribution in [0, 0.1) is 0 Å². The molecular formula is C20H25N3O5S. The summed E-state index contributed by atoms with van der Waals surface area (Å²) >= 11 is 1.47. The first kappa shape index (κ1) is 19.9. The van der Waals surface area contributed by atoms with Crippen LogP contribution in [0.1, 0.15) is 6.42 Å². The lowest BCUT2D eigenvalue weighted by Gasteiger charge is -2.28. The van der Waals surface area contributed by atoms with Gasteiger partial charge in [-0.2, -0.15) is 0 Å². The number of aromatic nitrogens is 1. The lowest BCUT2D eigenvalue weighted by Crippen LogP contribution is -2.40. The quantitative estimate of drug-likeness (QED) is 0.681. The van der Waals surface area contributed by atoms with Crippen LogP contribution in [0.15, 0.2) is 30.2 Å². The number of methoxy groups -OCH3 is 1. The van der Waals surface area contributed by atoms with Gasteiger partial charge in [0.15, 0.2) is 5.13 Å². The molecule has 0 spiro atoms. The van der Waals surface area contributed by atoms with E-state index in [4.69, 9.17) is 18.9 Å². The van der Waals surface area contributed by atoms with Crippen molar-refractivity contribution in [1.29, 1.82) is 0 Å². The SMILES string of the molecule is COc1ccc2nc(N(CCCN3CCOCC3)C(=O)C3=COCCO3)sc2c1. The number of anilines is 1. The van der Waals surface area contributed by atoms with Crippen LogP contribution in [0.4, 0.5) is 5.13 Å². The Kier molecular flexibility index (Phi) is 6.48. The average molecular weight is 420 g/mol. The molecule has 3 heterocycles. The van der Waals surface area contributed by atoms with Gasteiger partial charge in [-0.25, -0.2) is 4.98 Å². The first-order chi connectivity index (χ1) is 14.2. The topological polar surface area (TPSA) is 73.4 Å². The van der Waals surface area contributed by atoms with Crippen molar-refractivity contribution in [3.63, 3.8) is 0 Å². The third-order valence-corrected chi connectivity index (χ3v) is 5.92. The van der Waals surface area contributed by atoms with Crippen molar-refractivity contribution >= 4 is 32.6 Å². The molecule has 0 radical (unpaired) electrons. The zero-order valence-corrected chi connectivity index (χ0v) is 17.3. The molecular weight excluding hydrogens is 394 g/mol. The van der Waals surface area contributed by atoms with Crippen molar-refractivity contribution in [3.05, 3.63) is 30.2 Å². The molecule has 1 fully saturated rings. The zero-order chi connectivity index (χ0) is 20.1. The fourth-order valence-electron chi connectivity index (χ4n) is 3.31. The summed E-state index contributed by atoms with van der Waals surface area (Å²) in [6.45, 7) is 5.66. The van der Waals surface area contributed by atoms with Crippen LogP contribution in [0.2, 0.25) is 0 Å². The van der Waals surface area contributed by atoms with Gasteiger partial charge in [0.05, 0.1) is 30.5 Å². The van der Waals surface area contributed by atoms with Crippen molar-refractivity contribution in [2.24, 2.45) is 0 Å². The monoisotopic (exact) mass is 419 g/mol. The van der Waals surface area contributed by atoms with Crippen LogP contribution in [0.5, 0.6) is 5.75 Å². The lowest BCUT2D eigenvalue weighted by molar-refractivity contribution is -0.119. The minimum atomic E-state index is -0.224. The number of benzene rings is 1. The van der Waals surface area contributed by atoms with Crippen LogP contribution in [-0.4, -0.2) is 75.5 Å². The highest BCUT2D eigenvalue weighted by atomic mass is 32.1. The number of carbonyl (C=O) groups excluding carboxylic acids is 1. The van der Waals surface area contributed by atoms with Gasteiger partial charge in [0.2, 0.25) is 5.76 Å². The molecule has 0 N–H and O–H groups in total. The van der Waals surface area contributed by atoms with Gasteiger partial charge in [-0.1, -0.05) is 11.3 Å². The molecule has 0 unspecified atom stereocenters. The molecule has 0 atom stereocenters. The lowest BCUT2D eigenvalue weighted by atomic mass is 10.3. The Bertz CT molecular complexity index is 878. The van der Waals surface area contributed by atoms with Crippen molar-refractivity contribution in [2.75, 3.05) is 64.6 Å². The van der Waals surface area contributed by atoms with Crippen molar-refractivity contribution in [1.82, 2.24) is 9.88 Å². The fraction of sp³-hybridized carbons (Fsp3) is 0.500. The van der Waals surface area contributed by atoms with Crippen LogP contribution in [0.3, 0.4) is 0 Å². The average Bonchev–Trinajstić information content (AvgIpc) is 3.20. The highest BCUT2D eigenvalue weighted by Crippen LogP contribution is 2.32. The standard InChI is InChI=1S/C20H25N3O5S/c1-25-15-3-4-16-18(13-15)29-20(21-16)23(19(24)17-14-27-11-12-28-17)6-2-5-22-7-9-26-10-8-22/h3-4,13-14H,2,5-12H2,1H3. The number of amides is 1. The molecule has 156 valence electrons. The van der Waals surface area contributed by atoms with Gasteiger partial charge in [-0.15, -0.1) is 0 Å². The predicted molar refractivity (Wildman–Crippen MR) is 110 cm³/mol. The van der Waals surface area contributed by atoms with Gasteiger partial charge >= 0.3 is 0 Å². The molecule has 1 saturated heterocycles. The molecule has 2 aliphatic rings. The van der Waals surface area contributed by atoms with Gasteiger partial charge < -0.3 is 18.9 Å².